The minimum atomic E-state index is -1.93. The standard InChI is InChI=1S/C31H54FNO3Si/c1-7-8-9-10-11-12-13-14-15-16-17-18-21-34-25-29(26-36-37(5,6)31(2,3)4)35-24-28-20-19-27(23-33)22-30(28)32/h19-20,22,29H,7-18,21,24-26H2,1-6H3. The molecule has 1 unspecified atom stereocenters. The first-order valence-electron chi connectivity index (χ1n) is 14.6. The van der Waals surface area contributed by atoms with Gasteiger partial charge >= 0.3 is 0 Å². The van der Waals surface area contributed by atoms with Crippen molar-refractivity contribution in [3.05, 3.63) is 35.1 Å². The van der Waals surface area contributed by atoms with Crippen molar-refractivity contribution < 1.29 is 18.3 Å². The number of hydrogen-bond acceptors (Lipinski definition) is 4. The van der Waals surface area contributed by atoms with Gasteiger partial charge in [-0.25, -0.2) is 4.39 Å². The van der Waals surface area contributed by atoms with Crippen LogP contribution in [0.2, 0.25) is 18.1 Å². The van der Waals surface area contributed by atoms with Gasteiger partial charge in [0.05, 0.1) is 31.5 Å². The predicted molar refractivity (Wildman–Crippen MR) is 155 cm³/mol. The summed E-state index contributed by atoms with van der Waals surface area (Å²) in [5.41, 5.74) is 0.752. The molecule has 212 valence electrons. The minimum absolute atomic E-state index is 0.104. The van der Waals surface area contributed by atoms with Gasteiger partial charge in [-0.1, -0.05) is 104 Å². The molecule has 1 rings (SSSR count). The van der Waals surface area contributed by atoms with Crippen molar-refractivity contribution in [1.82, 2.24) is 0 Å². The number of ether oxygens (including phenoxy) is 2. The van der Waals surface area contributed by atoms with Crippen molar-refractivity contribution in [1.29, 1.82) is 5.26 Å². The molecule has 6 heteroatoms. The lowest BCUT2D eigenvalue weighted by Crippen LogP contribution is -2.43. The van der Waals surface area contributed by atoms with Crippen molar-refractivity contribution in [3.8, 4) is 6.07 Å². The van der Waals surface area contributed by atoms with E-state index in [4.69, 9.17) is 19.2 Å². The van der Waals surface area contributed by atoms with Crippen LogP contribution < -0.4 is 0 Å². The molecule has 0 amide bonds. The lowest BCUT2D eigenvalue weighted by molar-refractivity contribution is -0.0483. The molecule has 0 aliphatic carbocycles. The van der Waals surface area contributed by atoms with E-state index in [1.807, 2.05) is 6.07 Å². The Kier molecular flexibility index (Phi) is 17.2. The van der Waals surface area contributed by atoms with E-state index in [1.54, 1.807) is 12.1 Å². The highest BCUT2D eigenvalue weighted by molar-refractivity contribution is 6.74. The number of benzene rings is 1. The molecule has 1 aromatic carbocycles. The fourth-order valence-electron chi connectivity index (χ4n) is 3.86. The van der Waals surface area contributed by atoms with Gasteiger partial charge in [0, 0.05) is 12.2 Å². The highest BCUT2D eigenvalue weighted by Crippen LogP contribution is 2.36. The van der Waals surface area contributed by atoms with Gasteiger partial charge in [0.2, 0.25) is 0 Å². The molecule has 0 heterocycles. The van der Waals surface area contributed by atoms with E-state index in [-0.39, 0.29) is 17.7 Å². The van der Waals surface area contributed by atoms with Crippen LogP contribution in [-0.4, -0.2) is 34.2 Å². The van der Waals surface area contributed by atoms with E-state index in [9.17, 15) is 4.39 Å². The first kappa shape index (κ1) is 33.8. The molecule has 0 saturated carbocycles. The Labute approximate surface area is 228 Å². The third-order valence-corrected chi connectivity index (χ3v) is 12.0. The van der Waals surface area contributed by atoms with E-state index in [0.717, 1.165) is 6.42 Å². The Hall–Kier alpha value is -1.26. The van der Waals surface area contributed by atoms with Gasteiger partial charge in [-0.15, -0.1) is 0 Å². The van der Waals surface area contributed by atoms with Crippen molar-refractivity contribution in [2.24, 2.45) is 0 Å². The second-order valence-electron chi connectivity index (χ2n) is 11.9. The Morgan fingerprint density at radius 2 is 1.46 bits per heavy atom. The fourth-order valence-corrected chi connectivity index (χ4v) is 4.90. The van der Waals surface area contributed by atoms with Gasteiger partial charge in [0.15, 0.2) is 8.32 Å². The summed E-state index contributed by atoms with van der Waals surface area (Å²) in [6, 6.07) is 6.45. The number of nitriles is 1. The molecular weight excluding hydrogens is 481 g/mol. The molecule has 37 heavy (non-hydrogen) atoms. The summed E-state index contributed by atoms with van der Waals surface area (Å²) in [4.78, 5) is 0. The Balaban J connectivity index is 2.35. The van der Waals surface area contributed by atoms with Crippen LogP contribution in [0.1, 0.15) is 116 Å². The fraction of sp³-hybridized carbons (Fsp3) is 0.774. The lowest BCUT2D eigenvalue weighted by Gasteiger charge is -2.37. The molecule has 0 radical (unpaired) electrons. The first-order valence-corrected chi connectivity index (χ1v) is 17.5. The van der Waals surface area contributed by atoms with Gasteiger partial charge in [0.1, 0.15) is 11.9 Å². The van der Waals surface area contributed by atoms with Crippen LogP contribution in [0.3, 0.4) is 0 Å². The van der Waals surface area contributed by atoms with E-state index in [2.05, 4.69) is 40.8 Å². The van der Waals surface area contributed by atoms with E-state index in [1.165, 1.54) is 76.7 Å². The molecule has 1 atom stereocenters. The molecule has 0 spiro atoms. The van der Waals surface area contributed by atoms with Crippen molar-refractivity contribution in [2.75, 3.05) is 19.8 Å². The zero-order valence-corrected chi connectivity index (χ0v) is 25.7. The smallest absolute Gasteiger partial charge is 0.192 e. The zero-order valence-electron chi connectivity index (χ0n) is 24.7. The van der Waals surface area contributed by atoms with Crippen LogP contribution in [0.15, 0.2) is 18.2 Å². The average molecular weight is 536 g/mol. The van der Waals surface area contributed by atoms with Crippen molar-refractivity contribution >= 4 is 8.32 Å². The molecule has 0 bridgehead atoms. The van der Waals surface area contributed by atoms with Gasteiger partial charge in [-0.05, 0) is 36.7 Å². The van der Waals surface area contributed by atoms with Crippen LogP contribution in [0.5, 0.6) is 0 Å². The molecular formula is C31H54FNO3Si. The van der Waals surface area contributed by atoms with Crippen LogP contribution >= 0.6 is 0 Å². The largest absolute Gasteiger partial charge is 0.414 e. The molecule has 1 aromatic rings. The topological polar surface area (TPSA) is 51.5 Å². The summed E-state index contributed by atoms with van der Waals surface area (Å²) >= 11 is 0. The number of unbranched alkanes of at least 4 members (excludes halogenated alkanes) is 11. The van der Waals surface area contributed by atoms with Crippen molar-refractivity contribution in [2.45, 2.75) is 136 Å². The summed E-state index contributed by atoms with van der Waals surface area (Å²) in [5.74, 6) is -0.416. The van der Waals surface area contributed by atoms with Gasteiger partial charge < -0.3 is 13.9 Å². The zero-order chi connectivity index (χ0) is 27.6. The van der Waals surface area contributed by atoms with E-state index >= 15 is 0 Å². The monoisotopic (exact) mass is 535 g/mol. The second kappa shape index (κ2) is 18.9. The highest BCUT2D eigenvalue weighted by atomic mass is 28.4. The third kappa shape index (κ3) is 15.0. The Bertz CT molecular complexity index is 773. The van der Waals surface area contributed by atoms with Crippen LogP contribution in [-0.2, 0) is 20.5 Å². The van der Waals surface area contributed by atoms with Crippen LogP contribution in [0.4, 0.5) is 4.39 Å². The number of hydrogen-bond donors (Lipinski definition) is 0. The molecule has 0 fully saturated rings. The quantitative estimate of drug-likeness (QED) is 0.116. The Morgan fingerprint density at radius 3 is 1.97 bits per heavy atom. The van der Waals surface area contributed by atoms with E-state index in [0.29, 0.717) is 30.9 Å². The molecule has 0 N–H and O–H groups in total. The minimum Gasteiger partial charge on any atom is -0.414 e. The summed E-state index contributed by atoms with van der Waals surface area (Å²) < 4.78 is 32.7. The summed E-state index contributed by atoms with van der Waals surface area (Å²) in [5, 5.41) is 9.07. The molecule has 4 nitrogen and oxygen atoms in total. The number of nitrogens with zero attached hydrogens (tertiary/aromatic N) is 1. The highest BCUT2D eigenvalue weighted by Gasteiger charge is 2.37. The van der Waals surface area contributed by atoms with E-state index < -0.39 is 14.1 Å². The van der Waals surface area contributed by atoms with Crippen molar-refractivity contribution in [3.63, 3.8) is 0 Å². The molecule has 0 aliphatic rings. The maximum absolute atomic E-state index is 14.3. The second-order valence-corrected chi connectivity index (χ2v) is 16.7. The maximum Gasteiger partial charge on any atom is 0.192 e. The van der Waals surface area contributed by atoms with Crippen LogP contribution in [0.25, 0.3) is 0 Å². The molecule has 0 aromatic heterocycles. The number of rotatable bonds is 21. The van der Waals surface area contributed by atoms with Crippen LogP contribution in [0, 0.1) is 17.1 Å². The summed E-state index contributed by atoms with van der Waals surface area (Å²) in [6.07, 6.45) is 15.6. The molecule has 0 saturated heterocycles. The average Bonchev–Trinajstić information content (AvgIpc) is 2.85. The SMILES string of the molecule is CCCCCCCCCCCCCCOCC(CO[Si](C)(C)C(C)(C)C)OCc1ccc(C#N)cc1F. The lowest BCUT2D eigenvalue weighted by atomic mass is 10.1. The number of halogens is 1. The first-order chi connectivity index (χ1) is 17.6. The van der Waals surface area contributed by atoms with Gasteiger partial charge in [-0.3, -0.25) is 0 Å². The normalized spacial score (nSPS) is 13.0. The predicted octanol–water partition coefficient (Wildman–Crippen LogP) is 9.32. The molecule has 0 aliphatic heterocycles. The Morgan fingerprint density at radius 1 is 0.892 bits per heavy atom. The van der Waals surface area contributed by atoms with Gasteiger partial charge in [0.25, 0.3) is 0 Å². The maximum atomic E-state index is 14.3. The summed E-state index contributed by atoms with van der Waals surface area (Å²) in [7, 11) is -1.93. The third-order valence-electron chi connectivity index (χ3n) is 7.54. The van der Waals surface area contributed by atoms with Gasteiger partial charge in [-0.2, -0.15) is 5.26 Å². The summed E-state index contributed by atoms with van der Waals surface area (Å²) in [6.45, 7) is 15.1.